The Labute approximate surface area is 94.2 Å². The van der Waals surface area contributed by atoms with Gasteiger partial charge in [-0.2, -0.15) is 0 Å². The SMILES string of the molecule is COC(=O)C1CCc2ccc(Cl)cc2C1. The van der Waals surface area contributed by atoms with E-state index in [2.05, 4.69) is 0 Å². The summed E-state index contributed by atoms with van der Waals surface area (Å²) in [5.74, 6) is -0.110. The van der Waals surface area contributed by atoms with Crippen LogP contribution in [0.25, 0.3) is 0 Å². The third-order valence-corrected chi connectivity index (χ3v) is 3.17. The Hall–Kier alpha value is -1.02. The van der Waals surface area contributed by atoms with Crippen LogP contribution in [0.4, 0.5) is 0 Å². The summed E-state index contributed by atoms with van der Waals surface area (Å²) in [5, 5.41) is 0.735. The molecule has 0 radical (unpaired) electrons. The summed E-state index contributed by atoms with van der Waals surface area (Å²) in [6.07, 6.45) is 2.57. The maximum absolute atomic E-state index is 11.4. The second-order valence-electron chi connectivity index (χ2n) is 3.88. The molecule has 0 aliphatic heterocycles. The molecule has 0 aromatic heterocycles. The molecule has 1 atom stereocenters. The summed E-state index contributed by atoms with van der Waals surface area (Å²) in [6, 6.07) is 5.90. The van der Waals surface area contributed by atoms with E-state index < -0.39 is 0 Å². The number of halogens is 1. The monoisotopic (exact) mass is 224 g/mol. The fraction of sp³-hybridized carbons (Fsp3) is 0.417. The average Bonchev–Trinajstić information content (AvgIpc) is 2.27. The lowest BCUT2D eigenvalue weighted by Crippen LogP contribution is -2.23. The molecule has 2 rings (SSSR count). The van der Waals surface area contributed by atoms with Crippen LogP contribution in [0, 0.1) is 5.92 Å². The summed E-state index contributed by atoms with van der Waals surface area (Å²) in [5.41, 5.74) is 2.49. The molecule has 0 saturated heterocycles. The second kappa shape index (κ2) is 4.23. The van der Waals surface area contributed by atoms with Gasteiger partial charge in [0.05, 0.1) is 13.0 Å². The molecule has 0 spiro atoms. The van der Waals surface area contributed by atoms with E-state index in [9.17, 15) is 4.79 Å². The molecule has 0 bridgehead atoms. The van der Waals surface area contributed by atoms with Crippen molar-refractivity contribution in [2.75, 3.05) is 7.11 Å². The first-order valence-electron chi connectivity index (χ1n) is 5.06. The van der Waals surface area contributed by atoms with Crippen molar-refractivity contribution in [2.45, 2.75) is 19.3 Å². The van der Waals surface area contributed by atoms with Gasteiger partial charge < -0.3 is 4.74 Å². The molecule has 0 amide bonds. The zero-order valence-corrected chi connectivity index (χ0v) is 9.38. The Kier molecular flexibility index (Phi) is 2.96. The molecule has 0 fully saturated rings. The largest absolute Gasteiger partial charge is 0.469 e. The van der Waals surface area contributed by atoms with Crippen molar-refractivity contribution in [2.24, 2.45) is 5.92 Å². The number of carbonyl (C=O) groups excluding carboxylic acids is 1. The normalized spacial score (nSPS) is 19.5. The number of aryl methyl sites for hydroxylation is 1. The lowest BCUT2D eigenvalue weighted by molar-refractivity contribution is -0.145. The summed E-state index contributed by atoms with van der Waals surface area (Å²) in [4.78, 5) is 11.4. The van der Waals surface area contributed by atoms with Crippen LogP contribution >= 0.6 is 11.6 Å². The first-order chi connectivity index (χ1) is 7.20. The van der Waals surface area contributed by atoms with Crippen LogP contribution in [0.3, 0.4) is 0 Å². The van der Waals surface area contributed by atoms with E-state index in [1.807, 2.05) is 18.2 Å². The average molecular weight is 225 g/mol. The topological polar surface area (TPSA) is 26.3 Å². The standard InChI is InChI=1S/C12H13ClO2/c1-15-12(14)9-3-2-8-4-5-11(13)7-10(8)6-9/h4-5,7,9H,2-3,6H2,1H3. The minimum Gasteiger partial charge on any atom is -0.469 e. The molecule has 0 saturated carbocycles. The summed E-state index contributed by atoms with van der Waals surface area (Å²) < 4.78 is 4.76. The molecule has 0 N–H and O–H groups in total. The van der Waals surface area contributed by atoms with Crippen LogP contribution in [0.2, 0.25) is 5.02 Å². The van der Waals surface area contributed by atoms with E-state index >= 15 is 0 Å². The van der Waals surface area contributed by atoms with Crippen molar-refractivity contribution in [3.8, 4) is 0 Å². The van der Waals surface area contributed by atoms with Crippen molar-refractivity contribution in [3.63, 3.8) is 0 Å². The summed E-state index contributed by atoms with van der Waals surface area (Å²) >= 11 is 5.92. The van der Waals surface area contributed by atoms with E-state index in [0.29, 0.717) is 0 Å². The molecule has 1 aromatic carbocycles. The third kappa shape index (κ3) is 2.15. The highest BCUT2D eigenvalue weighted by Gasteiger charge is 2.25. The maximum atomic E-state index is 11.4. The fourth-order valence-corrected chi connectivity index (χ4v) is 2.29. The van der Waals surface area contributed by atoms with Gasteiger partial charge in [0.25, 0.3) is 0 Å². The summed E-state index contributed by atoms with van der Waals surface area (Å²) in [7, 11) is 1.44. The molecule has 80 valence electrons. The predicted molar refractivity (Wildman–Crippen MR) is 59.0 cm³/mol. The molecule has 1 aromatic rings. The fourth-order valence-electron chi connectivity index (χ4n) is 2.09. The van der Waals surface area contributed by atoms with Crippen LogP contribution in [0.15, 0.2) is 18.2 Å². The number of rotatable bonds is 1. The van der Waals surface area contributed by atoms with Crippen LogP contribution in [0.1, 0.15) is 17.5 Å². The highest BCUT2D eigenvalue weighted by molar-refractivity contribution is 6.30. The number of ether oxygens (including phenoxy) is 1. The number of methoxy groups -OCH3 is 1. The Bertz CT molecular complexity index is 387. The predicted octanol–water partition coefficient (Wildman–Crippen LogP) is 2.62. The Morgan fingerprint density at radius 1 is 1.47 bits per heavy atom. The molecular formula is C12H13ClO2. The molecular weight excluding hydrogens is 212 g/mol. The van der Waals surface area contributed by atoms with Gasteiger partial charge in [-0.1, -0.05) is 17.7 Å². The third-order valence-electron chi connectivity index (χ3n) is 2.93. The smallest absolute Gasteiger partial charge is 0.309 e. The quantitative estimate of drug-likeness (QED) is 0.686. The van der Waals surface area contributed by atoms with E-state index in [1.165, 1.54) is 18.2 Å². The van der Waals surface area contributed by atoms with Crippen LogP contribution in [-0.2, 0) is 22.4 Å². The first kappa shape index (κ1) is 10.5. The van der Waals surface area contributed by atoms with Gasteiger partial charge in [-0.05, 0) is 42.5 Å². The lowest BCUT2D eigenvalue weighted by atomic mass is 9.84. The molecule has 0 heterocycles. The molecule has 1 aliphatic rings. The summed E-state index contributed by atoms with van der Waals surface area (Å²) in [6.45, 7) is 0. The molecule has 15 heavy (non-hydrogen) atoms. The van der Waals surface area contributed by atoms with Crippen molar-refractivity contribution in [1.82, 2.24) is 0 Å². The van der Waals surface area contributed by atoms with E-state index in [0.717, 1.165) is 24.3 Å². The number of benzene rings is 1. The minimum absolute atomic E-state index is 0.000895. The lowest BCUT2D eigenvalue weighted by Gasteiger charge is -2.22. The van der Waals surface area contributed by atoms with Crippen molar-refractivity contribution in [3.05, 3.63) is 34.3 Å². The molecule has 1 aliphatic carbocycles. The number of esters is 1. The Morgan fingerprint density at radius 3 is 3.00 bits per heavy atom. The minimum atomic E-state index is -0.111. The zero-order valence-electron chi connectivity index (χ0n) is 8.63. The van der Waals surface area contributed by atoms with Gasteiger partial charge in [0.15, 0.2) is 0 Å². The number of hydrogen-bond donors (Lipinski definition) is 0. The maximum Gasteiger partial charge on any atom is 0.309 e. The second-order valence-corrected chi connectivity index (χ2v) is 4.31. The van der Waals surface area contributed by atoms with E-state index in [4.69, 9.17) is 16.3 Å². The Balaban J connectivity index is 2.22. The van der Waals surface area contributed by atoms with Crippen molar-refractivity contribution >= 4 is 17.6 Å². The van der Waals surface area contributed by atoms with Gasteiger partial charge >= 0.3 is 5.97 Å². The van der Waals surface area contributed by atoms with Crippen LogP contribution < -0.4 is 0 Å². The molecule has 2 nitrogen and oxygen atoms in total. The highest BCUT2D eigenvalue weighted by atomic mass is 35.5. The van der Waals surface area contributed by atoms with Gasteiger partial charge in [0, 0.05) is 5.02 Å². The van der Waals surface area contributed by atoms with Gasteiger partial charge in [-0.15, -0.1) is 0 Å². The van der Waals surface area contributed by atoms with E-state index in [1.54, 1.807) is 0 Å². The number of fused-ring (bicyclic) bond motifs is 1. The molecule has 1 unspecified atom stereocenters. The van der Waals surface area contributed by atoms with Gasteiger partial charge in [-0.25, -0.2) is 0 Å². The van der Waals surface area contributed by atoms with Crippen LogP contribution in [-0.4, -0.2) is 13.1 Å². The van der Waals surface area contributed by atoms with Gasteiger partial charge in [0.2, 0.25) is 0 Å². The van der Waals surface area contributed by atoms with Gasteiger partial charge in [-0.3, -0.25) is 4.79 Å². The van der Waals surface area contributed by atoms with Crippen LogP contribution in [0.5, 0.6) is 0 Å². The zero-order chi connectivity index (χ0) is 10.8. The molecule has 3 heteroatoms. The van der Waals surface area contributed by atoms with E-state index in [-0.39, 0.29) is 11.9 Å². The highest BCUT2D eigenvalue weighted by Crippen LogP contribution is 2.28. The van der Waals surface area contributed by atoms with Crippen molar-refractivity contribution in [1.29, 1.82) is 0 Å². The number of hydrogen-bond acceptors (Lipinski definition) is 2. The number of carbonyl (C=O) groups is 1. The Morgan fingerprint density at radius 2 is 2.27 bits per heavy atom. The van der Waals surface area contributed by atoms with Gasteiger partial charge in [0.1, 0.15) is 0 Å². The first-order valence-corrected chi connectivity index (χ1v) is 5.43. The van der Waals surface area contributed by atoms with Crippen molar-refractivity contribution < 1.29 is 9.53 Å².